The van der Waals surface area contributed by atoms with E-state index >= 15 is 0 Å². The number of aliphatic hydroxyl groups is 1. The van der Waals surface area contributed by atoms with Gasteiger partial charge in [-0.2, -0.15) is 0 Å². The van der Waals surface area contributed by atoms with Crippen LogP contribution in [0, 0.1) is 11.8 Å². The van der Waals surface area contributed by atoms with E-state index in [2.05, 4.69) is 5.32 Å². The molecule has 2 unspecified atom stereocenters. The number of aliphatic hydroxyl groups excluding tert-OH is 1. The molecule has 0 spiro atoms. The van der Waals surface area contributed by atoms with Crippen molar-refractivity contribution in [2.45, 2.75) is 44.1 Å². The van der Waals surface area contributed by atoms with Gasteiger partial charge in [0, 0.05) is 19.2 Å². The predicted octanol–water partition coefficient (Wildman–Crippen LogP) is 1.55. The van der Waals surface area contributed by atoms with Gasteiger partial charge in [0.2, 0.25) is 0 Å². The molecule has 3 nitrogen and oxygen atoms in total. The van der Waals surface area contributed by atoms with Crippen LogP contribution in [-0.4, -0.2) is 37.5 Å². The van der Waals surface area contributed by atoms with Crippen LogP contribution in [0.25, 0.3) is 0 Å². The van der Waals surface area contributed by atoms with Gasteiger partial charge in [0.25, 0.3) is 0 Å². The highest BCUT2D eigenvalue weighted by Gasteiger charge is 2.41. The first kappa shape index (κ1) is 12.3. The average Bonchev–Trinajstić information content (AvgIpc) is 3.14. The third kappa shape index (κ3) is 2.96. The smallest absolute Gasteiger partial charge is 0.0613 e. The summed E-state index contributed by atoms with van der Waals surface area (Å²) in [7, 11) is 1.72. The molecule has 0 amide bonds. The van der Waals surface area contributed by atoms with Crippen molar-refractivity contribution in [1.29, 1.82) is 0 Å². The topological polar surface area (TPSA) is 41.5 Å². The second kappa shape index (κ2) is 5.48. The molecular formula is C13H25NO2. The molecule has 94 valence electrons. The van der Waals surface area contributed by atoms with Gasteiger partial charge in [-0.15, -0.1) is 0 Å². The number of methoxy groups -OCH3 is 1. The summed E-state index contributed by atoms with van der Waals surface area (Å²) in [6, 6.07) is 0. The number of ether oxygens (including phenoxy) is 1. The molecule has 0 aromatic heterocycles. The highest BCUT2D eigenvalue weighted by molar-refractivity contribution is 4.97. The van der Waals surface area contributed by atoms with Gasteiger partial charge >= 0.3 is 0 Å². The summed E-state index contributed by atoms with van der Waals surface area (Å²) >= 11 is 0. The SMILES string of the molecule is COCCNC1(CO)CCCC(C2CC2)C1. The van der Waals surface area contributed by atoms with E-state index in [-0.39, 0.29) is 12.1 Å². The standard InChI is InChI=1S/C13H25NO2/c1-16-8-7-14-13(10-15)6-2-3-12(9-13)11-4-5-11/h11-12,14-15H,2-10H2,1H3. The second-order valence-corrected chi connectivity index (χ2v) is 5.55. The molecule has 3 heteroatoms. The summed E-state index contributed by atoms with van der Waals surface area (Å²) in [6.07, 6.45) is 7.77. The zero-order valence-electron chi connectivity index (χ0n) is 10.4. The largest absolute Gasteiger partial charge is 0.394 e. The van der Waals surface area contributed by atoms with Crippen molar-refractivity contribution in [3.63, 3.8) is 0 Å². The Labute approximate surface area is 98.6 Å². The van der Waals surface area contributed by atoms with Crippen molar-refractivity contribution in [2.75, 3.05) is 26.9 Å². The van der Waals surface area contributed by atoms with Crippen molar-refractivity contribution in [2.24, 2.45) is 11.8 Å². The Balaban J connectivity index is 1.85. The van der Waals surface area contributed by atoms with E-state index in [4.69, 9.17) is 4.74 Å². The summed E-state index contributed by atoms with van der Waals surface area (Å²) in [6.45, 7) is 1.87. The number of hydrogen-bond acceptors (Lipinski definition) is 3. The molecule has 0 heterocycles. The Bertz CT molecular complexity index is 218. The maximum absolute atomic E-state index is 9.66. The van der Waals surface area contributed by atoms with Gasteiger partial charge in [0.1, 0.15) is 0 Å². The van der Waals surface area contributed by atoms with Crippen molar-refractivity contribution in [1.82, 2.24) is 5.32 Å². The van der Waals surface area contributed by atoms with Gasteiger partial charge < -0.3 is 15.2 Å². The van der Waals surface area contributed by atoms with E-state index in [0.29, 0.717) is 0 Å². The molecule has 0 aromatic carbocycles. The van der Waals surface area contributed by atoms with Crippen LogP contribution in [0.15, 0.2) is 0 Å². The predicted molar refractivity (Wildman–Crippen MR) is 64.4 cm³/mol. The summed E-state index contributed by atoms with van der Waals surface area (Å²) in [5, 5.41) is 13.2. The van der Waals surface area contributed by atoms with Crippen molar-refractivity contribution >= 4 is 0 Å². The van der Waals surface area contributed by atoms with Gasteiger partial charge in [0.15, 0.2) is 0 Å². The molecule has 2 saturated carbocycles. The molecule has 2 fully saturated rings. The fraction of sp³-hybridized carbons (Fsp3) is 1.00. The zero-order valence-corrected chi connectivity index (χ0v) is 10.4. The molecule has 0 aromatic rings. The normalized spacial score (nSPS) is 35.2. The minimum Gasteiger partial charge on any atom is -0.394 e. The van der Waals surface area contributed by atoms with Gasteiger partial charge in [-0.3, -0.25) is 0 Å². The van der Waals surface area contributed by atoms with E-state index in [1.807, 2.05) is 0 Å². The van der Waals surface area contributed by atoms with Crippen LogP contribution in [0.2, 0.25) is 0 Å². The highest BCUT2D eigenvalue weighted by atomic mass is 16.5. The third-order valence-corrected chi connectivity index (χ3v) is 4.28. The van der Waals surface area contributed by atoms with Crippen LogP contribution in [0.3, 0.4) is 0 Å². The first-order valence-electron chi connectivity index (χ1n) is 6.64. The van der Waals surface area contributed by atoms with E-state index < -0.39 is 0 Å². The number of nitrogens with one attached hydrogen (secondary N) is 1. The lowest BCUT2D eigenvalue weighted by Crippen LogP contribution is -2.52. The van der Waals surface area contributed by atoms with Gasteiger partial charge in [-0.05, 0) is 37.5 Å². The molecule has 2 atom stereocenters. The molecule has 2 aliphatic rings. The summed E-state index contributed by atoms with van der Waals surface area (Å²) < 4.78 is 5.06. The van der Waals surface area contributed by atoms with Gasteiger partial charge in [-0.25, -0.2) is 0 Å². The lowest BCUT2D eigenvalue weighted by molar-refractivity contribution is 0.0800. The molecule has 0 saturated heterocycles. The highest BCUT2D eigenvalue weighted by Crippen LogP contribution is 2.46. The Hall–Kier alpha value is -0.120. The van der Waals surface area contributed by atoms with E-state index in [1.54, 1.807) is 7.11 Å². The van der Waals surface area contributed by atoms with Crippen LogP contribution in [0.4, 0.5) is 0 Å². The third-order valence-electron chi connectivity index (χ3n) is 4.28. The summed E-state index contributed by atoms with van der Waals surface area (Å²) in [5.41, 5.74) is -0.00988. The van der Waals surface area contributed by atoms with Crippen molar-refractivity contribution in [3.05, 3.63) is 0 Å². The average molecular weight is 227 g/mol. The lowest BCUT2D eigenvalue weighted by Gasteiger charge is -2.41. The molecule has 16 heavy (non-hydrogen) atoms. The van der Waals surface area contributed by atoms with Crippen LogP contribution in [0.5, 0.6) is 0 Å². The maximum Gasteiger partial charge on any atom is 0.0613 e. The minimum atomic E-state index is -0.00988. The van der Waals surface area contributed by atoms with Gasteiger partial charge in [0.05, 0.1) is 13.2 Å². The van der Waals surface area contributed by atoms with Gasteiger partial charge in [-0.1, -0.05) is 12.8 Å². The van der Waals surface area contributed by atoms with Crippen LogP contribution in [-0.2, 0) is 4.74 Å². The fourth-order valence-electron chi connectivity index (χ4n) is 3.16. The van der Waals surface area contributed by atoms with E-state index in [1.165, 1.54) is 25.7 Å². The maximum atomic E-state index is 9.66. The molecule has 0 bridgehead atoms. The number of hydrogen-bond donors (Lipinski definition) is 2. The molecular weight excluding hydrogens is 202 g/mol. The second-order valence-electron chi connectivity index (χ2n) is 5.55. The Morgan fingerprint density at radius 2 is 2.12 bits per heavy atom. The van der Waals surface area contributed by atoms with Crippen LogP contribution < -0.4 is 5.32 Å². The monoisotopic (exact) mass is 227 g/mol. The lowest BCUT2D eigenvalue weighted by atomic mass is 9.74. The Morgan fingerprint density at radius 1 is 1.31 bits per heavy atom. The Kier molecular flexibility index (Phi) is 4.22. The quantitative estimate of drug-likeness (QED) is 0.677. The van der Waals surface area contributed by atoms with Crippen molar-refractivity contribution < 1.29 is 9.84 Å². The van der Waals surface area contributed by atoms with E-state index in [9.17, 15) is 5.11 Å². The molecule has 2 rings (SSSR count). The minimum absolute atomic E-state index is 0.00988. The molecule has 0 aliphatic heterocycles. The number of rotatable bonds is 6. The first-order valence-corrected chi connectivity index (χ1v) is 6.64. The van der Waals surface area contributed by atoms with Crippen LogP contribution >= 0.6 is 0 Å². The first-order chi connectivity index (χ1) is 7.79. The Morgan fingerprint density at radius 3 is 2.75 bits per heavy atom. The fourth-order valence-corrected chi connectivity index (χ4v) is 3.16. The summed E-state index contributed by atoms with van der Waals surface area (Å²) in [4.78, 5) is 0. The molecule has 0 radical (unpaired) electrons. The van der Waals surface area contributed by atoms with E-state index in [0.717, 1.165) is 37.8 Å². The van der Waals surface area contributed by atoms with Crippen molar-refractivity contribution in [3.8, 4) is 0 Å². The van der Waals surface area contributed by atoms with Crippen LogP contribution in [0.1, 0.15) is 38.5 Å². The molecule has 2 aliphatic carbocycles. The zero-order chi connectivity index (χ0) is 11.4. The molecule has 2 N–H and O–H groups in total. The summed E-state index contributed by atoms with van der Waals surface area (Å²) in [5.74, 6) is 1.83.